The van der Waals surface area contributed by atoms with Crippen molar-refractivity contribution in [2.45, 2.75) is 32.9 Å². The van der Waals surface area contributed by atoms with Crippen LogP contribution in [0.5, 0.6) is 0 Å². The molecule has 22 heavy (non-hydrogen) atoms. The molecule has 1 atom stereocenters. The molecule has 8 heteroatoms. The Morgan fingerprint density at radius 2 is 1.77 bits per heavy atom. The van der Waals surface area contributed by atoms with Crippen LogP contribution in [0.4, 0.5) is 10.5 Å². The summed E-state index contributed by atoms with van der Waals surface area (Å²) in [7, 11) is 0. The lowest BCUT2D eigenvalue weighted by atomic mass is 10.2. The molecule has 0 aliphatic rings. The van der Waals surface area contributed by atoms with Gasteiger partial charge in [-0.05, 0) is 39.0 Å². The third-order valence-corrected chi connectivity index (χ3v) is 2.95. The van der Waals surface area contributed by atoms with Gasteiger partial charge in [-0.3, -0.25) is 10.1 Å². The maximum atomic E-state index is 11.9. The molecule has 1 heterocycles. The van der Waals surface area contributed by atoms with E-state index < -0.39 is 18.0 Å². The Balaban J connectivity index is 2.00. The van der Waals surface area contributed by atoms with E-state index in [1.165, 1.54) is 0 Å². The van der Waals surface area contributed by atoms with Crippen molar-refractivity contribution >= 4 is 28.7 Å². The van der Waals surface area contributed by atoms with Crippen LogP contribution in [0.2, 0.25) is 0 Å². The number of imide groups is 1. The van der Waals surface area contributed by atoms with Crippen molar-refractivity contribution in [2.24, 2.45) is 0 Å². The normalized spacial score (nSPS) is 12.2. The summed E-state index contributed by atoms with van der Waals surface area (Å²) in [5.74, 6) is -0.444. The lowest BCUT2D eigenvalue weighted by Gasteiger charge is -2.15. The van der Waals surface area contributed by atoms with Crippen molar-refractivity contribution in [1.29, 1.82) is 0 Å². The van der Waals surface area contributed by atoms with E-state index in [1.807, 2.05) is 0 Å². The van der Waals surface area contributed by atoms with Crippen molar-refractivity contribution in [3.63, 3.8) is 0 Å². The molecule has 3 amide bonds. The molecule has 5 N–H and O–H groups in total. The molecule has 0 saturated carbocycles. The summed E-state index contributed by atoms with van der Waals surface area (Å²) in [6.45, 7) is 5.25. The summed E-state index contributed by atoms with van der Waals surface area (Å²) in [4.78, 5) is 39.9. The number of aromatic amines is 2. The first-order chi connectivity index (χ1) is 10.3. The lowest BCUT2D eigenvalue weighted by molar-refractivity contribution is -0.120. The summed E-state index contributed by atoms with van der Waals surface area (Å²) < 4.78 is 0. The number of aromatic nitrogens is 2. The Morgan fingerprint density at radius 3 is 2.45 bits per heavy atom. The number of carbonyl (C=O) groups is 2. The second kappa shape index (κ2) is 6.33. The number of rotatable bonds is 4. The maximum absolute atomic E-state index is 11.9. The highest BCUT2D eigenvalue weighted by atomic mass is 16.2. The Labute approximate surface area is 126 Å². The third-order valence-electron chi connectivity index (χ3n) is 2.95. The first-order valence-corrected chi connectivity index (χ1v) is 6.95. The SMILES string of the molecule is CC(C)NC(=O)NC(=O)[C@H](C)Nc1ccc2[nH]c(=O)[nH]c2c1. The summed E-state index contributed by atoms with van der Waals surface area (Å²) in [6, 6.07) is 3.99. The number of carbonyl (C=O) groups excluding carboxylic acids is 2. The fourth-order valence-corrected chi connectivity index (χ4v) is 1.96. The standard InChI is InChI=1S/C14H19N5O3/c1-7(2)15-13(21)19-12(20)8(3)16-9-4-5-10-11(6-9)18-14(22)17-10/h4-8,16H,1-3H3,(H2,17,18,22)(H2,15,19,20,21)/t8-/m0/s1. The number of hydrogen-bond donors (Lipinski definition) is 5. The monoisotopic (exact) mass is 305 g/mol. The Morgan fingerprint density at radius 1 is 1.09 bits per heavy atom. The van der Waals surface area contributed by atoms with Gasteiger partial charge < -0.3 is 20.6 Å². The number of hydrogen-bond acceptors (Lipinski definition) is 4. The zero-order valence-electron chi connectivity index (χ0n) is 12.6. The van der Waals surface area contributed by atoms with E-state index >= 15 is 0 Å². The van der Waals surface area contributed by atoms with Crippen molar-refractivity contribution < 1.29 is 9.59 Å². The van der Waals surface area contributed by atoms with Gasteiger partial charge in [-0.2, -0.15) is 0 Å². The van der Waals surface area contributed by atoms with Gasteiger partial charge in [-0.25, -0.2) is 9.59 Å². The first-order valence-electron chi connectivity index (χ1n) is 6.95. The van der Waals surface area contributed by atoms with E-state index in [-0.39, 0.29) is 11.7 Å². The second-order valence-corrected chi connectivity index (χ2v) is 5.32. The van der Waals surface area contributed by atoms with Gasteiger partial charge in [0.25, 0.3) is 0 Å². The molecule has 0 saturated heterocycles. The predicted molar refractivity (Wildman–Crippen MR) is 83.8 cm³/mol. The van der Waals surface area contributed by atoms with Crippen LogP contribution < -0.4 is 21.6 Å². The molecule has 0 aliphatic heterocycles. The summed E-state index contributed by atoms with van der Waals surface area (Å²) in [5.41, 5.74) is 1.70. The van der Waals surface area contributed by atoms with E-state index in [9.17, 15) is 14.4 Å². The summed E-state index contributed by atoms with van der Waals surface area (Å²) >= 11 is 0. The average molecular weight is 305 g/mol. The number of nitrogens with one attached hydrogen (secondary N) is 5. The third kappa shape index (κ3) is 3.87. The van der Waals surface area contributed by atoms with Gasteiger partial charge in [-0.1, -0.05) is 0 Å². The smallest absolute Gasteiger partial charge is 0.323 e. The van der Waals surface area contributed by atoms with Crippen molar-refractivity contribution in [2.75, 3.05) is 5.32 Å². The van der Waals surface area contributed by atoms with Crippen LogP contribution in [0.15, 0.2) is 23.0 Å². The molecule has 8 nitrogen and oxygen atoms in total. The van der Waals surface area contributed by atoms with Crippen LogP contribution in [-0.2, 0) is 4.79 Å². The topological polar surface area (TPSA) is 119 Å². The Bertz CT molecular complexity index is 746. The first kappa shape index (κ1) is 15.6. The van der Waals surface area contributed by atoms with Crippen LogP contribution in [0.3, 0.4) is 0 Å². The van der Waals surface area contributed by atoms with E-state index in [2.05, 4.69) is 25.9 Å². The molecule has 2 rings (SSSR count). The highest BCUT2D eigenvalue weighted by Gasteiger charge is 2.16. The molecule has 118 valence electrons. The second-order valence-electron chi connectivity index (χ2n) is 5.32. The van der Waals surface area contributed by atoms with Crippen LogP contribution in [0.25, 0.3) is 11.0 Å². The molecule has 0 fully saturated rings. The molecule has 0 radical (unpaired) electrons. The van der Waals surface area contributed by atoms with Crippen LogP contribution in [-0.4, -0.2) is 34.0 Å². The van der Waals surface area contributed by atoms with Crippen LogP contribution >= 0.6 is 0 Å². The molecule has 1 aromatic heterocycles. The van der Waals surface area contributed by atoms with Crippen molar-refractivity contribution in [3.8, 4) is 0 Å². The van der Waals surface area contributed by atoms with Crippen molar-refractivity contribution in [1.82, 2.24) is 20.6 Å². The largest absolute Gasteiger partial charge is 0.374 e. The molecule has 0 spiro atoms. The highest BCUT2D eigenvalue weighted by molar-refractivity contribution is 5.98. The molecule has 1 aromatic carbocycles. The minimum Gasteiger partial charge on any atom is -0.374 e. The zero-order valence-corrected chi connectivity index (χ0v) is 12.6. The van der Waals surface area contributed by atoms with E-state index in [0.717, 1.165) is 0 Å². The Hall–Kier alpha value is -2.77. The van der Waals surface area contributed by atoms with Gasteiger partial charge in [0.05, 0.1) is 11.0 Å². The Kier molecular flexibility index (Phi) is 4.50. The summed E-state index contributed by atoms with van der Waals surface area (Å²) in [6.07, 6.45) is 0. The number of fused-ring (bicyclic) bond motifs is 1. The van der Waals surface area contributed by atoms with Gasteiger partial charge in [0.1, 0.15) is 6.04 Å². The van der Waals surface area contributed by atoms with Crippen LogP contribution in [0, 0.1) is 0 Å². The molecule has 0 aliphatic carbocycles. The maximum Gasteiger partial charge on any atom is 0.323 e. The minimum atomic E-state index is -0.610. The molecular weight excluding hydrogens is 286 g/mol. The predicted octanol–water partition coefficient (Wildman–Crippen LogP) is 0.891. The fraction of sp³-hybridized carbons (Fsp3) is 0.357. The van der Waals surface area contributed by atoms with Gasteiger partial charge in [0.15, 0.2) is 0 Å². The zero-order chi connectivity index (χ0) is 16.3. The molecule has 0 unspecified atom stereocenters. The van der Waals surface area contributed by atoms with Gasteiger partial charge in [-0.15, -0.1) is 0 Å². The van der Waals surface area contributed by atoms with Crippen LogP contribution in [0.1, 0.15) is 20.8 Å². The number of benzene rings is 1. The van der Waals surface area contributed by atoms with Gasteiger partial charge in [0, 0.05) is 11.7 Å². The molecule has 2 aromatic rings. The summed E-state index contributed by atoms with van der Waals surface area (Å²) in [5, 5.41) is 7.81. The molecular formula is C14H19N5O3. The number of amides is 3. The fourth-order valence-electron chi connectivity index (χ4n) is 1.96. The van der Waals surface area contributed by atoms with Gasteiger partial charge >= 0.3 is 11.7 Å². The van der Waals surface area contributed by atoms with Crippen molar-refractivity contribution in [3.05, 3.63) is 28.7 Å². The van der Waals surface area contributed by atoms with E-state index in [4.69, 9.17) is 0 Å². The number of urea groups is 1. The number of imidazole rings is 1. The van der Waals surface area contributed by atoms with E-state index in [0.29, 0.717) is 16.7 Å². The quantitative estimate of drug-likeness (QED) is 0.576. The average Bonchev–Trinajstić information content (AvgIpc) is 2.76. The number of H-pyrrole nitrogens is 2. The van der Waals surface area contributed by atoms with E-state index in [1.54, 1.807) is 39.0 Å². The highest BCUT2D eigenvalue weighted by Crippen LogP contribution is 2.15. The molecule has 0 bridgehead atoms. The number of anilines is 1. The lowest BCUT2D eigenvalue weighted by Crippen LogP contribution is -2.47. The van der Waals surface area contributed by atoms with Gasteiger partial charge in [0.2, 0.25) is 5.91 Å². The minimum absolute atomic E-state index is 0.0520.